The minimum absolute atomic E-state index is 0.636. The molecule has 1 saturated carbocycles. The van der Waals surface area contributed by atoms with Gasteiger partial charge in [-0.1, -0.05) is 13.3 Å². The van der Waals surface area contributed by atoms with E-state index in [1.165, 1.54) is 29.4 Å². The third-order valence-electron chi connectivity index (χ3n) is 3.19. The fraction of sp³-hybridized carbons (Fsp3) is 0.462. The summed E-state index contributed by atoms with van der Waals surface area (Å²) in [6, 6.07) is 6.77. The van der Waals surface area contributed by atoms with Gasteiger partial charge >= 0.3 is 0 Å². The van der Waals surface area contributed by atoms with Gasteiger partial charge in [0.1, 0.15) is 0 Å². The Bertz CT molecular complexity index is 523. The molecule has 0 spiro atoms. The first-order valence-corrected chi connectivity index (χ1v) is 6.06. The molecule has 0 aliphatic heterocycles. The summed E-state index contributed by atoms with van der Waals surface area (Å²) in [4.78, 5) is 0. The molecule has 1 aromatic carbocycles. The van der Waals surface area contributed by atoms with E-state index in [4.69, 9.17) is 10.8 Å². The van der Waals surface area contributed by atoms with Gasteiger partial charge in [0.25, 0.3) is 0 Å². The molecule has 3 rings (SSSR count). The van der Waals surface area contributed by atoms with Crippen molar-refractivity contribution in [3.8, 4) is 0 Å². The van der Waals surface area contributed by atoms with Crippen molar-refractivity contribution in [2.75, 3.05) is 5.73 Å². The Morgan fingerprint density at radius 1 is 1.44 bits per heavy atom. The molecule has 2 N–H and O–H groups in total. The molecular formula is C13H17N3. The molecule has 1 heterocycles. The molecule has 0 bridgehead atoms. The zero-order chi connectivity index (χ0) is 11.1. The summed E-state index contributed by atoms with van der Waals surface area (Å²) in [6.45, 7) is 2.19. The lowest BCUT2D eigenvalue weighted by atomic mass is 10.1. The number of rotatable bonds is 3. The van der Waals surface area contributed by atoms with Crippen molar-refractivity contribution < 1.29 is 0 Å². The molecule has 3 heteroatoms. The van der Waals surface area contributed by atoms with Gasteiger partial charge in [0.15, 0.2) is 0 Å². The number of nitrogens with two attached hydrogens (primary N) is 1. The van der Waals surface area contributed by atoms with Crippen molar-refractivity contribution in [1.82, 2.24) is 9.78 Å². The SMILES string of the molecule is CCCc1nn(C2CC2)c2ccc(N)cc12. The standard InChI is InChI=1S/C13H17N3/c1-2-3-12-11-8-9(14)4-7-13(11)16(15-12)10-5-6-10/h4,7-8,10H,2-3,5-6,14H2,1H3. The predicted octanol–water partition coefficient (Wildman–Crippen LogP) is 2.91. The van der Waals surface area contributed by atoms with Gasteiger partial charge in [-0.15, -0.1) is 0 Å². The molecule has 0 saturated heterocycles. The highest BCUT2D eigenvalue weighted by Gasteiger charge is 2.27. The third-order valence-corrected chi connectivity index (χ3v) is 3.19. The molecular weight excluding hydrogens is 198 g/mol. The van der Waals surface area contributed by atoms with Crippen molar-refractivity contribution in [2.45, 2.75) is 38.6 Å². The summed E-state index contributed by atoms with van der Waals surface area (Å²) in [6.07, 6.45) is 4.71. The van der Waals surface area contributed by atoms with E-state index in [9.17, 15) is 0 Å². The Balaban J connectivity index is 2.20. The third kappa shape index (κ3) is 1.47. The number of anilines is 1. The van der Waals surface area contributed by atoms with Crippen LogP contribution in [-0.2, 0) is 6.42 Å². The van der Waals surface area contributed by atoms with Crippen LogP contribution in [0, 0.1) is 0 Å². The predicted molar refractivity (Wildman–Crippen MR) is 66.4 cm³/mol. The van der Waals surface area contributed by atoms with Crippen LogP contribution in [0.2, 0.25) is 0 Å². The van der Waals surface area contributed by atoms with E-state index < -0.39 is 0 Å². The lowest BCUT2D eigenvalue weighted by molar-refractivity contribution is 0.648. The monoisotopic (exact) mass is 215 g/mol. The van der Waals surface area contributed by atoms with Crippen molar-refractivity contribution in [2.24, 2.45) is 0 Å². The summed E-state index contributed by atoms with van der Waals surface area (Å²) in [5, 5.41) is 5.99. The first kappa shape index (κ1) is 9.70. The number of nitrogen functional groups attached to an aromatic ring is 1. The smallest absolute Gasteiger partial charge is 0.0704 e. The summed E-state index contributed by atoms with van der Waals surface area (Å²) < 4.78 is 2.19. The molecule has 0 unspecified atom stereocenters. The molecule has 1 aromatic heterocycles. The van der Waals surface area contributed by atoms with E-state index in [-0.39, 0.29) is 0 Å². The lowest BCUT2D eigenvalue weighted by Crippen LogP contribution is -1.96. The number of fused-ring (bicyclic) bond motifs is 1. The first-order chi connectivity index (χ1) is 7.79. The maximum Gasteiger partial charge on any atom is 0.0704 e. The van der Waals surface area contributed by atoms with Gasteiger partial charge in [-0.3, -0.25) is 4.68 Å². The van der Waals surface area contributed by atoms with Crippen LogP contribution in [0.4, 0.5) is 5.69 Å². The van der Waals surface area contributed by atoms with Crippen LogP contribution in [0.15, 0.2) is 18.2 Å². The highest BCUT2D eigenvalue weighted by Crippen LogP contribution is 2.38. The van der Waals surface area contributed by atoms with Crippen LogP contribution in [-0.4, -0.2) is 9.78 Å². The number of hydrogen-bond donors (Lipinski definition) is 1. The van der Waals surface area contributed by atoms with E-state index in [1.54, 1.807) is 0 Å². The average molecular weight is 215 g/mol. The molecule has 1 fully saturated rings. The molecule has 0 radical (unpaired) electrons. The fourth-order valence-corrected chi connectivity index (χ4v) is 2.24. The maximum atomic E-state index is 5.85. The van der Waals surface area contributed by atoms with E-state index in [0.29, 0.717) is 6.04 Å². The van der Waals surface area contributed by atoms with E-state index in [2.05, 4.69) is 23.7 Å². The zero-order valence-corrected chi connectivity index (χ0v) is 9.61. The Morgan fingerprint density at radius 3 is 2.94 bits per heavy atom. The van der Waals surface area contributed by atoms with Gasteiger partial charge in [0, 0.05) is 11.1 Å². The number of aryl methyl sites for hydroxylation is 1. The zero-order valence-electron chi connectivity index (χ0n) is 9.61. The molecule has 84 valence electrons. The van der Waals surface area contributed by atoms with Crippen LogP contribution >= 0.6 is 0 Å². The Hall–Kier alpha value is -1.51. The molecule has 2 aromatic rings. The van der Waals surface area contributed by atoms with Gasteiger partial charge in [-0.2, -0.15) is 5.10 Å². The van der Waals surface area contributed by atoms with Gasteiger partial charge < -0.3 is 5.73 Å². The lowest BCUT2D eigenvalue weighted by Gasteiger charge is -1.99. The molecule has 0 amide bonds. The van der Waals surface area contributed by atoms with Gasteiger partial charge in [0.2, 0.25) is 0 Å². The fourth-order valence-electron chi connectivity index (χ4n) is 2.24. The Kier molecular flexibility index (Phi) is 2.13. The highest BCUT2D eigenvalue weighted by molar-refractivity contribution is 5.85. The van der Waals surface area contributed by atoms with E-state index >= 15 is 0 Å². The molecule has 0 atom stereocenters. The van der Waals surface area contributed by atoms with E-state index in [0.717, 1.165) is 18.5 Å². The van der Waals surface area contributed by atoms with Crippen LogP contribution in [0.5, 0.6) is 0 Å². The normalized spacial score (nSPS) is 15.8. The molecule has 1 aliphatic rings. The molecule has 3 nitrogen and oxygen atoms in total. The largest absolute Gasteiger partial charge is 0.399 e. The number of aromatic nitrogens is 2. The highest BCUT2D eigenvalue weighted by atomic mass is 15.3. The van der Waals surface area contributed by atoms with E-state index in [1.807, 2.05) is 6.07 Å². The average Bonchev–Trinajstić information content (AvgIpc) is 3.04. The minimum Gasteiger partial charge on any atom is -0.399 e. The van der Waals surface area contributed by atoms with Crippen molar-refractivity contribution >= 4 is 16.6 Å². The Morgan fingerprint density at radius 2 is 2.25 bits per heavy atom. The number of hydrogen-bond acceptors (Lipinski definition) is 2. The molecule has 16 heavy (non-hydrogen) atoms. The molecule has 1 aliphatic carbocycles. The second-order valence-electron chi connectivity index (χ2n) is 4.65. The van der Waals surface area contributed by atoms with Crippen molar-refractivity contribution in [3.05, 3.63) is 23.9 Å². The second kappa shape index (κ2) is 3.51. The number of benzene rings is 1. The van der Waals surface area contributed by atoms with Crippen molar-refractivity contribution in [3.63, 3.8) is 0 Å². The van der Waals surface area contributed by atoms with Crippen molar-refractivity contribution in [1.29, 1.82) is 0 Å². The summed E-state index contributed by atoms with van der Waals surface area (Å²) >= 11 is 0. The second-order valence-corrected chi connectivity index (χ2v) is 4.65. The summed E-state index contributed by atoms with van der Waals surface area (Å²) in [5.74, 6) is 0. The quantitative estimate of drug-likeness (QED) is 0.800. The number of nitrogens with zero attached hydrogens (tertiary/aromatic N) is 2. The van der Waals surface area contributed by atoms with Crippen LogP contribution in [0.25, 0.3) is 10.9 Å². The maximum absolute atomic E-state index is 5.85. The van der Waals surface area contributed by atoms with Gasteiger partial charge in [0.05, 0.1) is 17.3 Å². The van der Waals surface area contributed by atoms with Gasteiger partial charge in [-0.05, 0) is 37.5 Å². The first-order valence-electron chi connectivity index (χ1n) is 6.06. The summed E-state index contributed by atoms with van der Waals surface area (Å²) in [7, 11) is 0. The topological polar surface area (TPSA) is 43.8 Å². The Labute approximate surface area is 95.2 Å². The van der Waals surface area contributed by atoms with Gasteiger partial charge in [-0.25, -0.2) is 0 Å². The van der Waals surface area contributed by atoms with Crippen LogP contribution in [0.1, 0.15) is 37.9 Å². The summed E-state index contributed by atoms with van der Waals surface area (Å²) in [5.41, 5.74) is 9.14. The minimum atomic E-state index is 0.636. The van der Waals surface area contributed by atoms with Crippen LogP contribution in [0.3, 0.4) is 0 Å². The van der Waals surface area contributed by atoms with Crippen LogP contribution < -0.4 is 5.73 Å².